The van der Waals surface area contributed by atoms with Gasteiger partial charge in [-0.1, -0.05) is 46.3 Å². The molecule has 0 saturated heterocycles. The largest absolute Gasteiger partial charge is 0.514 e. The molecule has 0 unspecified atom stereocenters. The van der Waals surface area contributed by atoms with Crippen molar-refractivity contribution in [2.75, 3.05) is 13.7 Å². The lowest BCUT2D eigenvalue weighted by Gasteiger charge is -2.19. The zero-order chi connectivity index (χ0) is 25.6. The number of nitrogens with zero attached hydrogens (tertiary/aromatic N) is 3. The van der Waals surface area contributed by atoms with Crippen LogP contribution in [-0.2, 0) is 4.74 Å². The molecule has 2 aromatic carbocycles. The zero-order valence-corrected chi connectivity index (χ0v) is 22.8. The summed E-state index contributed by atoms with van der Waals surface area (Å²) < 4.78 is 18.7. The lowest BCUT2D eigenvalue weighted by molar-refractivity contribution is 0.0201. The summed E-state index contributed by atoms with van der Waals surface area (Å²) in [6.45, 7) is 11.7. The summed E-state index contributed by atoms with van der Waals surface area (Å²) in [4.78, 5) is 17.5. The number of rotatable bonds is 7. The Morgan fingerprint density at radius 1 is 1.20 bits per heavy atom. The standard InChI is InChI=1S/C26H28BrN3O4S/c1-17(2)14-28-24-30(21(16-35-24)19-9-7-8-10-20(19)27)29-15-18-11-12-22(23(13-18)32-6)33-25(31)34-26(3,4)5/h7-13,15-16H,1,14H2,2-6H3. The van der Waals surface area contributed by atoms with Crippen LogP contribution < -0.4 is 14.3 Å². The Labute approximate surface area is 217 Å². The van der Waals surface area contributed by atoms with Crippen LogP contribution in [0.3, 0.4) is 0 Å². The van der Waals surface area contributed by atoms with Crippen molar-refractivity contribution in [3.63, 3.8) is 0 Å². The third kappa shape index (κ3) is 7.40. The lowest BCUT2D eigenvalue weighted by Crippen LogP contribution is -2.26. The molecule has 0 aliphatic carbocycles. The molecular formula is C26H28BrN3O4S. The van der Waals surface area contributed by atoms with Gasteiger partial charge in [0.2, 0.25) is 4.80 Å². The molecule has 7 nitrogen and oxygen atoms in total. The number of aromatic nitrogens is 1. The summed E-state index contributed by atoms with van der Waals surface area (Å²) in [5.74, 6) is 0.640. The van der Waals surface area contributed by atoms with Gasteiger partial charge in [0.15, 0.2) is 11.5 Å². The summed E-state index contributed by atoms with van der Waals surface area (Å²) in [5.41, 5.74) is 2.95. The van der Waals surface area contributed by atoms with Crippen molar-refractivity contribution in [3.05, 3.63) is 74.8 Å². The van der Waals surface area contributed by atoms with Gasteiger partial charge in [-0.3, -0.25) is 4.99 Å². The number of carbonyl (C=O) groups excluding carboxylic acids is 1. The predicted molar refractivity (Wildman–Crippen MR) is 144 cm³/mol. The SMILES string of the molecule is C=C(C)CN=c1scc(-c2ccccc2Br)n1N=Cc1ccc(OC(=O)OC(C)(C)C)c(OC)c1. The van der Waals surface area contributed by atoms with Crippen LogP contribution in [0.2, 0.25) is 0 Å². The Kier molecular flexibility index (Phi) is 8.69. The van der Waals surface area contributed by atoms with Gasteiger partial charge in [-0.2, -0.15) is 5.10 Å². The minimum atomic E-state index is -0.798. The summed E-state index contributed by atoms with van der Waals surface area (Å²) >= 11 is 5.13. The van der Waals surface area contributed by atoms with E-state index in [0.717, 1.165) is 31.7 Å². The zero-order valence-electron chi connectivity index (χ0n) is 20.4. The number of methoxy groups -OCH3 is 1. The number of thiazole rings is 1. The minimum absolute atomic E-state index is 0.258. The second-order valence-electron chi connectivity index (χ2n) is 8.69. The Bertz CT molecular complexity index is 1320. The maximum atomic E-state index is 12.1. The molecule has 0 aliphatic rings. The van der Waals surface area contributed by atoms with Gasteiger partial charge in [0.1, 0.15) is 5.60 Å². The number of benzene rings is 2. The first-order chi connectivity index (χ1) is 16.6. The van der Waals surface area contributed by atoms with E-state index in [1.54, 1.807) is 49.9 Å². The molecule has 1 aromatic heterocycles. The molecule has 0 fully saturated rings. The Morgan fingerprint density at radius 2 is 1.94 bits per heavy atom. The highest BCUT2D eigenvalue weighted by Crippen LogP contribution is 2.30. The Hall–Kier alpha value is -3.17. The topological polar surface area (TPSA) is 74.4 Å². The molecular weight excluding hydrogens is 530 g/mol. The fourth-order valence-electron chi connectivity index (χ4n) is 2.91. The van der Waals surface area contributed by atoms with Crippen LogP contribution >= 0.6 is 27.3 Å². The molecule has 35 heavy (non-hydrogen) atoms. The molecule has 0 amide bonds. The molecule has 0 spiro atoms. The van der Waals surface area contributed by atoms with Crippen LogP contribution in [0.5, 0.6) is 11.5 Å². The van der Waals surface area contributed by atoms with E-state index < -0.39 is 11.8 Å². The summed E-state index contributed by atoms with van der Waals surface area (Å²) in [6.07, 6.45) is 0.903. The second kappa shape index (κ2) is 11.5. The summed E-state index contributed by atoms with van der Waals surface area (Å²) in [7, 11) is 1.51. The van der Waals surface area contributed by atoms with Crippen LogP contribution in [0.25, 0.3) is 11.3 Å². The molecule has 0 bridgehead atoms. The maximum Gasteiger partial charge on any atom is 0.514 e. The molecule has 184 valence electrons. The van der Waals surface area contributed by atoms with Gasteiger partial charge in [0.05, 0.1) is 25.6 Å². The molecule has 9 heteroatoms. The first-order valence-electron chi connectivity index (χ1n) is 10.8. The van der Waals surface area contributed by atoms with Crippen molar-refractivity contribution in [2.45, 2.75) is 33.3 Å². The molecule has 0 radical (unpaired) electrons. The number of halogens is 1. The summed E-state index contributed by atoms with van der Waals surface area (Å²) in [6, 6.07) is 13.1. The molecule has 1 heterocycles. The third-order valence-corrected chi connectivity index (χ3v) is 5.96. The highest BCUT2D eigenvalue weighted by atomic mass is 79.9. The fraction of sp³-hybridized carbons (Fsp3) is 0.269. The van der Waals surface area contributed by atoms with Crippen LogP contribution in [-0.4, -0.2) is 36.3 Å². The van der Waals surface area contributed by atoms with Gasteiger partial charge in [0.25, 0.3) is 0 Å². The van der Waals surface area contributed by atoms with Crippen LogP contribution in [0.1, 0.15) is 33.3 Å². The van der Waals surface area contributed by atoms with Crippen molar-refractivity contribution in [1.82, 2.24) is 4.68 Å². The number of hydrogen-bond acceptors (Lipinski definition) is 7. The molecule has 0 saturated carbocycles. The van der Waals surface area contributed by atoms with Crippen LogP contribution in [0.15, 0.2) is 74.6 Å². The van der Waals surface area contributed by atoms with E-state index in [2.05, 4.69) is 27.5 Å². The quantitative estimate of drug-likeness (QED) is 0.141. The smallest absolute Gasteiger partial charge is 0.493 e. The lowest BCUT2D eigenvalue weighted by atomic mass is 10.2. The Balaban J connectivity index is 1.96. The third-order valence-electron chi connectivity index (χ3n) is 4.41. The average Bonchev–Trinajstić information content (AvgIpc) is 3.18. The number of hydrogen-bond donors (Lipinski definition) is 0. The van der Waals surface area contributed by atoms with E-state index >= 15 is 0 Å². The van der Waals surface area contributed by atoms with Crippen molar-refractivity contribution in [1.29, 1.82) is 0 Å². The summed E-state index contributed by atoms with van der Waals surface area (Å²) in [5, 5.41) is 6.74. The molecule has 0 aliphatic heterocycles. The van der Waals surface area contributed by atoms with Gasteiger partial charge in [-0.15, -0.1) is 11.3 Å². The van der Waals surface area contributed by atoms with E-state index in [-0.39, 0.29) is 5.75 Å². The van der Waals surface area contributed by atoms with Gasteiger partial charge < -0.3 is 14.2 Å². The maximum absolute atomic E-state index is 12.1. The van der Waals surface area contributed by atoms with Crippen molar-refractivity contribution >= 4 is 39.6 Å². The van der Waals surface area contributed by atoms with Crippen molar-refractivity contribution in [2.24, 2.45) is 10.1 Å². The number of ether oxygens (including phenoxy) is 3. The average molecular weight is 558 g/mol. The first kappa shape index (κ1) is 26.4. The highest BCUT2D eigenvalue weighted by molar-refractivity contribution is 9.10. The predicted octanol–water partition coefficient (Wildman–Crippen LogP) is 6.66. The monoisotopic (exact) mass is 557 g/mol. The second-order valence-corrected chi connectivity index (χ2v) is 10.4. The van der Waals surface area contributed by atoms with Crippen molar-refractivity contribution < 1.29 is 19.0 Å². The fourth-order valence-corrected chi connectivity index (χ4v) is 4.23. The van der Waals surface area contributed by atoms with E-state index in [9.17, 15) is 4.79 Å². The number of carbonyl (C=O) groups is 1. The highest BCUT2D eigenvalue weighted by Gasteiger charge is 2.19. The van der Waals surface area contributed by atoms with Crippen molar-refractivity contribution in [3.8, 4) is 22.8 Å². The minimum Gasteiger partial charge on any atom is -0.493 e. The van der Waals surface area contributed by atoms with Gasteiger partial charge in [-0.05, 0) is 57.5 Å². The Morgan fingerprint density at radius 3 is 2.60 bits per heavy atom. The van der Waals surface area contributed by atoms with E-state index in [0.29, 0.717) is 12.3 Å². The first-order valence-corrected chi connectivity index (χ1v) is 12.5. The van der Waals surface area contributed by atoms with E-state index in [1.165, 1.54) is 18.4 Å². The molecule has 3 aromatic rings. The van der Waals surface area contributed by atoms with Gasteiger partial charge in [0, 0.05) is 15.4 Å². The van der Waals surface area contributed by atoms with Gasteiger partial charge >= 0.3 is 6.16 Å². The molecule has 3 rings (SSSR count). The van der Waals surface area contributed by atoms with Crippen LogP contribution in [0, 0.1) is 0 Å². The molecule has 0 atom stereocenters. The normalized spacial score (nSPS) is 12.1. The van der Waals surface area contributed by atoms with Crippen LogP contribution in [0.4, 0.5) is 4.79 Å². The van der Waals surface area contributed by atoms with E-state index in [1.807, 2.05) is 36.6 Å². The molecule has 0 N–H and O–H groups in total. The van der Waals surface area contributed by atoms with Gasteiger partial charge in [-0.25, -0.2) is 9.47 Å². The van der Waals surface area contributed by atoms with E-state index in [4.69, 9.17) is 19.3 Å².